The molecule has 9 heteroatoms. The first kappa shape index (κ1) is 25.2. The van der Waals surface area contributed by atoms with Gasteiger partial charge in [-0.15, -0.1) is 11.3 Å². The second-order valence-electron chi connectivity index (χ2n) is 10.1. The molecule has 2 amide bonds. The summed E-state index contributed by atoms with van der Waals surface area (Å²) in [6.45, 7) is 10.2. The molecule has 3 atom stereocenters. The molecule has 0 aliphatic carbocycles. The van der Waals surface area contributed by atoms with Gasteiger partial charge >= 0.3 is 0 Å². The maximum absolute atomic E-state index is 13.6. The van der Waals surface area contributed by atoms with Gasteiger partial charge in [0.15, 0.2) is 5.72 Å². The zero-order chi connectivity index (χ0) is 25.3. The van der Waals surface area contributed by atoms with Crippen molar-refractivity contribution in [2.24, 2.45) is 11.8 Å². The molecule has 1 aromatic heterocycles. The van der Waals surface area contributed by atoms with Gasteiger partial charge in [0.05, 0.1) is 33.8 Å². The Balaban J connectivity index is 1.42. The Morgan fingerprint density at radius 1 is 1.31 bits per heavy atom. The van der Waals surface area contributed by atoms with Crippen molar-refractivity contribution in [2.75, 3.05) is 6.54 Å². The van der Waals surface area contributed by atoms with E-state index in [0.717, 1.165) is 21.7 Å². The van der Waals surface area contributed by atoms with E-state index in [4.69, 9.17) is 4.74 Å². The van der Waals surface area contributed by atoms with Gasteiger partial charge in [-0.1, -0.05) is 38.1 Å². The Morgan fingerprint density at radius 2 is 2.03 bits per heavy atom. The van der Waals surface area contributed by atoms with Gasteiger partial charge in [0, 0.05) is 19.5 Å². The van der Waals surface area contributed by atoms with Crippen molar-refractivity contribution in [1.29, 1.82) is 0 Å². The lowest BCUT2D eigenvalue weighted by atomic mass is 9.90. The SMILES string of the molecule is Cc1ncsc1-c1ccc(CNC(=O)[C@@H]2C[C@@H](O)CN2C(=O)[C@@H](C2=COC(C)(C)N2)C(C)C)cc1. The average molecular weight is 499 g/mol. The normalized spacial score (nSPS) is 21.9. The number of nitrogens with zero attached hydrogens (tertiary/aromatic N) is 2. The Kier molecular flexibility index (Phi) is 7.19. The molecule has 0 saturated carbocycles. The molecular weight excluding hydrogens is 464 g/mol. The first-order chi connectivity index (χ1) is 16.6. The number of aliphatic hydroxyl groups excluding tert-OH is 1. The van der Waals surface area contributed by atoms with Crippen molar-refractivity contribution >= 4 is 23.2 Å². The number of rotatable bonds is 7. The second-order valence-corrected chi connectivity index (χ2v) is 11.0. The molecule has 1 aromatic carbocycles. The van der Waals surface area contributed by atoms with Gasteiger partial charge in [-0.25, -0.2) is 4.98 Å². The minimum Gasteiger partial charge on any atom is -0.475 e. The van der Waals surface area contributed by atoms with Crippen LogP contribution in [-0.2, 0) is 20.9 Å². The molecule has 2 aliphatic heterocycles. The molecule has 0 unspecified atom stereocenters. The van der Waals surface area contributed by atoms with Crippen molar-refractivity contribution in [3.8, 4) is 10.4 Å². The van der Waals surface area contributed by atoms with Gasteiger partial charge in [0.25, 0.3) is 0 Å². The number of likely N-dealkylation sites (tertiary alicyclic amines) is 1. The van der Waals surface area contributed by atoms with Gasteiger partial charge in [-0.2, -0.15) is 0 Å². The number of aryl methyl sites for hydroxylation is 1. The Bertz CT molecular complexity index is 1110. The summed E-state index contributed by atoms with van der Waals surface area (Å²) < 4.78 is 5.64. The van der Waals surface area contributed by atoms with Crippen LogP contribution in [0.1, 0.15) is 45.4 Å². The van der Waals surface area contributed by atoms with E-state index in [2.05, 4.69) is 15.6 Å². The van der Waals surface area contributed by atoms with E-state index in [1.165, 1.54) is 4.90 Å². The summed E-state index contributed by atoms with van der Waals surface area (Å²) >= 11 is 1.60. The summed E-state index contributed by atoms with van der Waals surface area (Å²) in [5.74, 6) is -0.938. The van der Waals surface area contributed by atoms with Crippen molar-refractivity contribution in [2.45, 2.75) is 65.5 Å². The van der Waals surface area contributed by atoms with E-state index >= 15 is 0 Å². The molecule has 35 heavy (non-hydrogen) atoms. The Labute approximate surface area is 210 Å². The summed E-state index contributed by atoms with van der Waals surface area (Å²) in [5, 5.41) is 16.5. The molecule has 2 aromatic rings. The third-order valence-corrected chi connectivity index (χ3v) is 7.46. The van der Waals surface area contributed by atoms with Crippen LogP contribution in [0.4, 0.5) is 0 Å². The van der Waals surface area contributed by atoms with E-state index in [1.54, 1.807) is 17.6 Å². The van der Waals surface area contributed by atoms with E-state index in [0.29, 0.717) is 12.2 Å². The molecular formula is C26H34N4O4S. The fourth-order valence-electron chi connectivity index (χ4n) is 4.69. The highest BCUT2D eigenvalue weighted by atomic mass is 32.1. The predicted octanol–water partition coefficient (Wildman–Crippen LogP) is 3.17. The largest absolute Gasteiger partial charge is 0.475 e. The number of thiazole rings is 1. The highest BCUT2D eigenvalue weighted by Crippen LogP contribution is 2.31. The summed E-state index contributed by atoms with van der Waals surface area (Å²) in [7, 11) is 0. The van der Waals surface area contributed by atoms with Crippen molar-refractivity contribution < 1.29 is 19.4 Å². The van der Waals surface area contributed by atoms with E-state index in [9.17, 15) is 14.7 Å². The lowest BCUT2D eigenvalue weighted by molar-refractivity contribution is -0.142. The summed E-state index contributed by atoms with van der Waals surface area (Å²) in [6.07, 6.45) is 1.09. The van der Waals surface area contributed by atoms with Gasteiger partial charge in [0.1, 0.15) is 12.3 Å². The average Bonchev–Trinajstić information content (AvgIpc) is 3.50. The number of carbonyl (C=O) groups excluding carboxylic acids is 2. The smallest absolute Gasteiger partial charge is 0.243 e. The number of nitrogens with one attached hydrogen (secondary N) is 2. The third kappa shape index (κ3) is 5.51. The third-order valence-electron chi connectivity index (χ3n) is 6.49. The lowest BCUT2D eigenvalue weighted by Crippen LogP contribution is -2.50. The molecule has 188 valence electrons. The van der Waals surface area contributed by atoms with E-state index in [-0.39, 0.29) is 30.7 Å². The fraction of sp³-hybridized carbons (Fsp3) is 0.500. The summed E-state index contributed by atoms with van der Waals surface area (Å²) in [6, 6.07) is 7.30. The van der Waals surface area contributed by atoms with Gasteiger partial charge in [-0.05, 0) is 37.8 Å². The number of aromatic nitrogens is 1. The zero-order valence-electron chi connectivity index (χ0n) is 20.9. The number of amides is 2. The molecule has 2 aliphatic rings. The standard InChI is InChI=1S/C26H34N4O4S/c1-15(2)22(20-13-34-26(4,5)29-20)25(33)30-12-19(31)10-21(30)24(32)27-11-17-6-8-18(9-7-17)23-16(3)28-14-35-23/h6-9,13-15,19,21-22,29,31H,10-12H2,1-5H3,(H,27,32)/t19-,21+,22-/m1/s1. The molecule has 8 nitrogen and oxygen atoms in total. The van der Waals surface area contributed by atoms with Crippen LogP contribution in [0, 0.1) is 18.8 Å². The summed E-state index contributed by atoms with van der Waals surface area (Å²) in [4.78, 5) is 33.7. The number of benzene rings is 1. The van der Waals surface area contributed by atoms with Crippen LogP contribution < -0.4 is 10.6 Å². The number of carbonyl (C=O) groups is 2. The maximum Gasteiger partial charge on any atom is 0.243 e. The highest BCUT2D eigenvalue weighted by Gasteiger charge is 2.44. The number of hydrogen-bond acceptors (Lipinski definition) is 7. The zero-order valence-corrected chi connectivity index (χ0v) is 21.7. The molecule has 0 bridgehead atoms. The minimum absolute atomic E-state index is 0.0131. The van der Waals surface area contributed by atoms with Crippen LogP contribution in [0.25, 0.3) is 10.4 Å². The topological polar surface area (TPSA) is 104 Å². The number of β-amino-alcohol motifs (C(OH)–C–C–N with tert-alkyl or cyclic N) is 1. The molecule has 1 saturated heterocycles. The first-order valence-corrected chi connectivity index (χ1v) is 12.9. The quantitative estimate of drug-likeness (QED) is 0.542. The molecule has 3 heterocycles. The molecule has 0 radical (unpaired) electrons. The lowest BCUT2D eigenvalue weighted by Gasteiger charge is -2.31. The predicted molar refractivity (Wildman–Crippen MR) is 135 cm³/mol. The highest BCUT2D eigenvalue weighted by molar-refractivity contribution is 7.13. The molecule has 3 N–H and O–H groups in total. The molecule has 0 spiro atoms. The van der Waals surface area contributed by atoms with Gasteiger partial charge in [-0.3, -0.25) is 9.59 Å². The minimum atomic E-state index is -0.734. The number of hydrogen-bond donors (Lipinski definition) is 3. The maximum atomic E-state index is 13.6. The first-order valence-electron chi connectivity index (χ1n) is 12.0. The van der Waals surface area contributed by atoms with Crippen molar-refractivity contribution in [3.05, 3.63) is 53.0 Å². The fourth-order valence-corrected chi connectivity index (χ4v) is 5.50. The Morgan fingerprint density at radius 3 is 2.60 bits per heavy atom. The van der Waals surface area contributed by atoms with Crippen LogP contribution >= 0.6 is 11.3 Å². The molecule has 1 fully saturated rings. The van der Waals surface area contributed by atoms with E-state index < -0.39 is 23.8 Å². The van der Waals surface area contributed by atoms with Gasteiger partial charge in [0.2, 0.25) is 11.8 Å². The van der Waals surface area contributed by atoms with Crippen LogP contribution in [-0.4, -0.2) is 51.2 Å². The van der Waals surface area contributed by atoms with Crippen molar-refractivity contribution in [1.82, 2.24) is 20.5 Å². The number of ether oxygens (including phenoxy) is 1. The Hall–Kier alpha value is -2.91. The van der Waals surface area contributed by atoms with Crippen molar-refractivity contribution in [3.63, 3.8) is 0 Å². The van der Waals surface area contributed by atoms with Crippen LogP contribution in [0.3, 0.4) is 0 Å². The number of aliphatic hydroxyl groups is 1. The summed E-state index contributed by atoms with van der Waals surface area (Å²) in [5.41, 5.74) is 5.00. The van der Waals surface area contributed by atoms with Gasteiger partial charge < -0.3 is 25.4 Å². The van der Waals surface area contributed by atoms with Crippen LogP contribution in [0.15, 0.2) is 41.7 Å². The van der Waals surface area contributed by atoms with Crippen LogP contribution in [0.2, 0.25) is 0 Å². The monoisotopic (exact) mass is 498 g/mol. The van der Waals surface area contributed by atoms with Crippen LogP contribution in [0.5, 0.6) is 0 Å². The van der Waals surface area contributed by atoms with E-state index in [1.807, 2.05) is 64.4 Å². The second kappa shape index (κ2) is 9.99. The molecule has 4 rings (SSSR count).